The Morgan fingerprint density at radius 1 is 0.364 bits per heavy atom. The Balaban J connectivity index is 3.36. The molecule has 0 heterocycles. The van der Waals surface area contributed by atoms with Gasteiger partial charge in [-0.25, -0.2) is 0 Å². The van der Waals surface area contributed by atoms with Gasteiger partial charge < -0.3 is 20.3 Å². The van der Waals surface area contributed by atoms with E-state index in [2.05, 4.69) is 43.5 Å². The van der Waals surface area contributed by atoms with Gasteiger partial charge in [-0.1, -0.05) is 339 Å². The predicted octanol–water partition coefficient (Wildman–Crippen LogP) is 22.3. The van der Waals surface area contributed by atoms with Crippen molar-refractivity contribution in [3.05, 3.63) is 36.5 Å². The van der Waals surface area contributed by atoms with Gasteiger partial charge in [-0.2, -0.15) is 0 Å². The largest absolute Gasteiger partial charge is 0.466 e. The number of unbranched alkanes of at least 4 members (excludes halogenated alkanes) is 50. The maximum Gasteiger partial charge on any atom is 0.305 e. The van der Waals surface area contributed by atoms with Gasteiger partial charge in [-0.3, -0.25) is 9.59 Å². The van der Waals surface area contributed by atoms with E-state index in [1.807, 2.05) is 6.08 Å². The third kappa shape index (κ3) is 63.1. The Bertz CT molecular complexity index is 1250. The average Bonchev–Trinajstić information content (AvgIpc) is 3.43. The number of rotatable bonds is 65. The van der Waals surface area contributed by atoms with Crippen molar-refractivity contribution in [1.82, 2.24) is 5.32 Å². The third-order valence-electron chi connectivity index (χ3n) is 16.2. The highest BCUT2D eigenvalue weighted by Gasteiger charge is 2.18. The molecule has 0 bridgehead atoms. The molecule has 0 aromatic rings. The highest BCUT2D eigenvalue weighted by Crippen LogP contribution is 2.19. The molecule has 6 nitrogen and oxygen atoms in total. The van der Waals surface area contributed by atoms with Crippen LogP contribution in [0.2, 0.25) is 0 Å². The van der Waals surface area contributed by atoms with Crippen LogP contribution in [0.5, 0.6) is 0 Å². The van der Waals surface area contributed by atoms with E-state index in [0.717, 1.165) is 51.4 Å². The van der Waals surface area contributed by atoms with E-state index in [0.29, 0.717) is 19.4 Å². The standard InChI is InChI=1S/C71H135NO5/c1-3-5-7-9-11-13-15-17-19-36-39-43-47-51-55-59-63-69(74)68(67-73)72-70(75)64-60-56-52-48-44-40-37-33-31-29-27-25-23-21-20-22-24-26-28-30-32-34-38-42-46-50-54-58-62-66-77-71(76)65-61-57-53-49-45-41-35-18-16-14-12-10-8-6-4-2/h12,14,18,35,59,63,68-69,73-74H,3-11,13,15-17,19-34,36-58,60-62,64-67H2,1-2H3,(H,72,75)/b14-12-,35-18-,63-59+/t68-,69+/m0/s1. The lowest BCUT2D eigenvalue weighted by Gasteiger charge is -2.20. The Hall–Kier alpha value is -1.92. The first kappa shape index (κ1) is 75.1. The van der Waals surface area contributed by atoms with Crippen LogP contribution in [0.15, 0.2) is 36.5 Å². The fourth-order valence-electron chi connectivity index (χ4n) is 10.8. The summed E-state index contributed by atoms with van der Waals surface area (Å²) in [7, 11) is 0. The summed E-state index contributed by atoms with van der Waals surface area (Å²) in [6.45, 7) is 4.90. The highest BCUT2D eigenvalue weighted by atomic mass is 16.5. The van der Waals surface area contributed by atoms with Gasteiger partial charge >= 0.3 is 5.97 Å². The molecule has 0 aliphatic rings. The quantitative estimate of drug-likeness (QED) is 0.0320. The molecule has 0 aromatic heterocycles. The van der Waals surface area contributed by atoms with Gasteiger partial charge in [0.05, 0.1) is 25.4 Å². The zero-order chi connectivity index (χ0) is 55.7. The van der Waals surface area contributed by atoms with E-state index in [4.69, 9.17) is 4.74 Å². The summed E-state index contributed by atoms with van der Waals surface area (Å²) >= 11 is 0. The van der Waals surface area contributed by atoms with Crippen LogP contribution in [0.25, 0.3) is 0 Å². The number of ether oxygens (including phenoxy) is 1. The van der Waals surface area contributed by atoms with Gasteiger partial charge in [-0.05, 0) is 64.2 Å². The van der Waals surface area contributed by atoms with Crippen LogP contribution >= 0.6 is 0 Å². The topological polar surface area (TPSA) is 95.9 Å². The second-order valence-corrected chi connectivity index (χ2v) is 23.9. The number of aliphatic hydroxyl groups excluding tert-OH is 2. The van der Waals surface area contributed by atoms with Gasteiger partial charge in [-0.15, -0.1) is 0 Å². The summed E-state index contributed by atoms with van der Waals surface area (Å²) in [4.78, 5) is 24.6. The molecule has 2 atom stereocenters. The van der Waals surface area contributed by atoms with Gasteiger partial charge in [0.1, 0.15) is 0 Å². The van der Waals surface area contributed by atoms with Gasteiger partial charge in [0.2, 0.25) is 5.91 Å². The molecule has 3 N–H and O–H groups in total. The lowest BCUT2D eigenvalue weighted by Crippen LogP contribution is -2.45. The molecule has 0 rings (SSSR count). The number of allylic oxidation sites excluding steroid dienone is 5. The number of amides is 1. The maximum atomic E-state index is 12.5. The number of nitrogens with one attached hydrogen (secondary N) is 1. The monoisotopic (exact) mass is 1080 g/mol. The summed E-state index contributed by atoms with van der Waals surface area (Å²) in [5.74, 6) is -0.0568. The summed E-state index contributed by atoms with van der Waals surface area (Å²) in [6.07, 6.45) is 85.1. The number of carbonyl (C=O) groups excluding carboxylic acids is 2. The van der Waals surface area contributed by atoms with Crippen molar-refractivity contribution < 1.29 is 24.5 Å². The van der Waals surface area contributed by atoms with Crippen LogP contribution in [0.1, 0.15) is 380 Å². The number of aliphatic hydroxyl groups is 2. The first-order chi connectivity index (χ1) is 38.0. The first-order valence-corrected chi connectivity index (χ1v) is 34.8. The Kier molecular flexibility index (Phi) is 64.9. The number of hydrogen-bond acceptors (Lipinski definition) is 5. The average molecular weight is 1080 g/mol. The summed E-state index contributed by atoms with van der Waals surface area (Å²) < 4.78 is 5.49. The van der Waals surface area contributed by atoms with E-state index in [1.165, 1.54) is 302 Å². The van der Waals surface area contributed by atoms with Crippen molar-refractivity contribution in [3.8, 4) is 0 Å². The van der Waals surface area contributed by atoms with Crippen LogP contribution in [0.4, 0.5) is 0 Å². The Morgan fingerprint density at radius 2 is 0.649 bits per heavy atom. The van der Waals surface area contributed by atoms with E-state index in [-0.39, 0.29) is 18.5 Å². The minimum absolute atomic E-state index is 0.00537. The van der Waals surface area contributed by atoms with Crippen LogP contribution in [-0.2, 0) is 14.3 Å². The molecule has 0 fully saturated rings. The Morgan fingerprint density at radius 3 is 1.01 bits per heavy atom. The van der Waals surface area contributed by atoms with Crippen molar-refractivity contribution in [2.75, 3.05) is 13.2 Å². The molecule has 454 valence electrons. The minimum atomic E-state index is -0.842. The summed E-state index contributed by atoms with van der Waals surface area (Å²) in [6, 6.07) is -0.625. The van der Waals surface area contributed by atoms with Crippen molar-refractivity contribution >= 4 is 11.9 Å². The number of carbonyl (C=O) groups is 2. The normalized spacial score (nSPS) is 12.7. The molecule has 0 spiro atoms. The van der Waals surface area contributed by atoms with Crippen molar-refractivity contribution in [2.45, 2.75) is 392 Å². The summed E-state index contributed by atoms with van der Waals surface area (Å²) in [5, 5.41) is 23.2. The van der Waals surface area contributed by atoms with Crippen molar-refractivity contribution in [3.63, 3.8) is 0 Å². The SMILES string of the molecule is CCCCC/C=C\C/C=C\CCCCCCCC(=O)OCCCCCCCCCCCCCCCCCCCCCCCCCCCCCCCC(=O)N[C@@H](CO)[C@H](O)/C=C/CCCCCCCCCCCCCCCC. The second kappa shape index (κ2) is 66.6. The van der Waals surface area contributed by atoms with Gasteiger partial charge in [0, 0.05) is 12.8 Å². The van der Waals surface area contributed by atoms with Gasteiger partial charge in [0.15, 0.2) is 0 Å². The molecule has 0 saturated carbocycles. The van der Waals surface area contributed by atoms with E-state index in [1.54, 1.807) is 6.08 Å². The fraction of sp³-hybridized carbons (Fsp3) is 0.887. The van der Waals surface area contributed by atoms with Crippen molar-refractivity contribution in [2.24, 2.45) is 0 Å². The fourth-order valence-corrected chi connectivity index (χ4v) is 10.8. The zero-order valence-electron chi connectivity index (χ0n) is 52.0. The van der Waals surface area contributed by atoms with E-state index >= 15 is 0 Å². The molecule has 0 unspecified atom stereocenters. The van der Waals surface area contributed by atoms with E-state index < -0.39 is 12.1 Å². The molecule has 1 amide bonds. The maximum absolute atomic E-state index is 12.5. The molecule has 0 aromatic carbocycles. The molecule has 0 saturated heterocycles. The predicted molar refractivity (Wildman–Crippen MR) is 338 cm³/mol. The third-order valence-corrected chi connectivity index (χ3v) is 16.2. The van der Waals surface area contributed by atoms with E-state index in [9.17, 15) is 19.8 Å². The lowest BCUT2D eigenvalue weighted by atomic mass is 10.0. The molecular formula is C71H135NO5. The number of hydrogen-bond donors (Lipinski definition) is 3. The number of esters is 1. The van der Waals surface area contributed by atoms with Gasteiger partial charge in [0.25, 0.3) is 0 Å². The second-order valence-electron chi connectivity index (χ2n) is 23.9. The molecule has 77 heavy (non-hydrogen) atoms. The zero-order valence-corrected chi connectivity index (χ0v) is 52.0. The van der Waals surface area contributed by atoms with Crippen LogP contribution < -0.4 is 5.32 Å². The van der Waals surface area contributed by atoms with Crippen molar-refractivity contribution in [1.29, 1.82) is 0 Å². The van der Waals surface area contributed by atoms with Crippen LogP contribution in [0.3, 0.4) is 0 Å². The van der Waals surface area contributed by atoms with Crippen LogP contribution in [-0.4, -0.2) is 47.4 Å². The molecule has 6 heteroatoms. The Labute approximate surface area is 481 Å². The van der Waals surface area contributed by atoms with Crippen LogP contribution in [0, 0.1) is 0 Å². The first-order valence-electron chi connectivity index (χ1n) is 34.8. The molecule has 0 radical (unpaired) electrons. The smallest absolute Gasteiger partial charge is 0.305 e. The minimum Gasteiger partial charge on any atom is -0.466 e. The molecule has 0 aliphatic carbocycles. The summed E-state index contributed by atoms with van der Waals surface area (Å²) in [5.41, 5.74) is 0. The molecular weight excluding hydrogens is 947 g/mol. The lowest BCUT2D eigenvalue weighted by molar-refractivity contribution is -0.143. The highest BCUT2D eigenvalue weighted by molar-refractivity contribution is 5.76. The molecule has 0 aliphatic heterocycles.